The van der Waals surface area contributed by atoms with E-state index in [0.717, 1.165) is 22.5 Å². The highest BCUT2D eigenvalue weighted by Gasteiger charge is 2.10. The molecule has 0 heterocycles. The number of rotatable bonds is 5. The molecule has 2 aromatic rings. The Hall–Kier alpha value is -2.10. The molecule has 0 saturated carbocycles. The van der Waals surface area contributed by atoms with E-state index in [9.17, 15) is 0 Å². The summed E-state index contributed by atoms with van der Waals surface area (Å²) >= 11 is 0. The van der Waals surface area contributed by atoms with E-state index in [1.54, 1.807) is 14.2 Å². The van der Waals surface area contributed by atoms with Gasteiger partial charge in [-0.15, -0.1) is 0 Å². The van der Waals surface area contributed by atoms with Gasteiger partial charge in [0.25, 0.3) is 0 Å². The first-order valence-electron chi connectivity index (χ1n) is 6.14. The highest BCUT2D eigenvalue weighted by Crippen LogP contribution is 2.29. The molecule has 0 aliphatic carbocycles. The molecule has 0 spiro atoms. The van der Waals surface area contributed by atoms with Gasteiger partial charge in [0.1, 0.15) is 20.2 Å². The Bertz CT molecular complexity index is 541. The Kier molecular flexibility index (Phi) is 4.34. The van der Waals surface area contributed by atoms with Crippen LogP contribution >= 0.6 is 0 Å². The van der Waals surface area contributed by atoms with Crippen molar-refractivity contribution in [2.75, 3.05) is 14.2 Å². The molecular weight excluding hydrogens is 239 g/mol. The van der Waals surface area contributed by atoms with Crippen molar-refractivity contribution in [1.29, 1.82) is 0 Å². The molecule has 2 aromatic carbocycles. The van der Waals surface area contributed by atoms with Crippen molar-refractivity contribution in [3.63, 3.8) is 0 Å². The summed E-state index contributed by atoms with van der Waals surface area (Å²) in [5.41, 5.74) is 2.12. The van der Waals surface area contributed by atoms with Gasteiger partial charge in [0.2, 0.25) is 0 Å². The number of hydrogen-bond donors (Lipinski definition) is 0. The molecule has 2 rings (SSSR count). The summed E-state index contributed by atoms with van der Waals surface area (Å²) in [5, 5.41) is 0. The molecule has 0 fully saturated rings. The highest BCUT2D eigenvalue weighted by atomic mass is 16.5. The van der Waals surface area contributed by atoms with Gasteiger partial charge >= 0.3 is 0 Å². The molecule has 0 aromatic heterocycles. The van der Waals surface area contributed by atoms with Crippen molar-refractivity contribution in [3.05, 3.63) is 48.0 Å². The van der Waals surface area contributed by atoms with Crippen molar-refractivity contribution in [2.45, 2.75) is 6.61 Å². The number of hydrogen-bond acceptors (Lipinski definition) is 3. The number of benzene rings is 2. The highest BCUT2D eigenvalue weighted by molar-refractivity contribution is 6.34. The molecular formula is C15H17BO3. The van der Waals surface area contributed by atoms with Crippen molar-refractivity contribution in [2.24, 2.45) is 0 Å². The van der Waals surface area contributed by atoms with Crippen LogP contribution in [-0.4, -0.2) is 22.1 Å². The molecule has 19 heavy (non-hydrogen) atoms. The Morgan fingerprint density at radius 3 is 2.37 bits per heavy atom. The third kappa shape index (κ3) is 3.22. The molecule has 0 aliphatic heterocycles. The molecule has 0 N–H and O–H groups in total. The van der Waals surface area contributed by atoms with Gasteiger partial charge in [0, 0.05) is 6.07 Å². The van der Waals surface area contributed by atoms with Crippen molar-refractivity contribution >= 4 is 13.3 Å². The molecule has 98 valence electrons. The van der Waals surface area contributed by atoms with Crippen LogP contribution in [0.25, 0.3) is 0 Å². The van der Waals surface area contributed by atoms with Crippen LogP contribution in [0.4, 0.5) is 0 Å². The van der Waals surface area contributed by atoms with Gasteiger partial charge in [-0.1, -0.05) is 30.3 Å². The lowest BCUT2D eigenvalue weighted by Gasteiger charge is -2.15. The van der Waals surface area contributed by atoms with Crippen molar-refractivity contribution < 1.29 is 14.2 Å². The zero-order valence-electron chi connectivity index (χ0n) is 11.5. The Morgan fingerprint density at radius 2 is 1.74 bits per heavy atom. The summed E-state index contributed by atoms with van der Waals surface area (Å²) in [6, 6.07) is 13.8. The second kappa shape index (κ2) is 6.18. The van der Waals surface area contributed by atoms with Gasteiger partial charge in [-0.3, -0.25) is 0 Å². The van der Waals surface area contributed by atoms with Gasteiger partial charge in [0.15, 0.2) is 11.5 Å². The quantitative estimate of drug-likeness (QED) is 0.759. The Balaban J connectivity index is 2.20. The average Bonchev–Trinajstić information content (AvgIpc) is 2.46. The lowest BCUT2D eigenvalue weighted by Crippen LogP contribution is -2.11. The molecule has 0 radical (unpaired) electrons. The maximum atomic E-state index is 5.86. The minimum atomic E-state index is 0.518. The third-order valence-corrected chi connectivity index (χ3v) is 2.90. The van der Waals surface area contributed by atoms with Crippen LogP contribution in [0.2, 0.25) is 0 Å². The van der Waals surface area contributed by atoms with Crippen LogP contribution in [0.5, 0.6) is 17.2 Å². The van der Waals surface area contributed by atoms with Gasteiger partial charge in [-0.25, -0.2) is 0 Å². The van der Waals surface area contributed by atoms with Crippen LogP contribution in [0.1, 0.15) is 5.56 Å². The maximum absolute atomic E-state index is 5.86. The monoisotopic (exact) mass is 256 g/mol. The summed E-state index contributed by atoms with van der Waals surface area (Å²) in [4.78, 5) is 0. The van der Waals surface area contributed by atoms with E-state index in [0.29, 0.717) is 12.4 Å². The lowest BCUT2D eigenvalue weighted by atomic mass is 9.94. The summed E-state index contributed by atoms with van der Waals surface area (Å²) in [5.74, 6) is 2.21. The van der Waals surface area contributed by atoms with Gasteiger partial charge in [0.05, 0.1) is 14.2 Å². The van der Waals surface area contributed by atoms with Crippen LogP contribution in [-0.2, 0) is 6.61 Å². The van der Waals surface area contributed by atoms with E-state index in [-0.39, 0.29) is 0 Å². The summed E-state index contributed by atoms with van der Waals surface area (Å²) in [7, 11) is 5.24. The fourth-order valence-electron chi connectivity index (χ4n) is 1.89. The standard InChI is InChI=1S/C15H17BO3/c1-17-12-8-13(16)15(14(9-12)18-2)19-10-11-6-4-3-5-7-11/h3-9H,10,16H2,1-2H3. The van der Waals surface area contributed by atoms with E-state index in [1.807, 2.05) is 50.3 Å². The molecule has 0 bridgehead atoms. The summed E-state index contributed by atoms with van der Waals surface area (Å²) in [6.07, 6.45) is 0. The fourth-order valence-corrected chi connectivity index (χ4v) is 1.89. The van der Waals surface area contributed by atoms with E-state index >= 15 is 0 Å². The zero-order chi connectivity index (χ0) is 13.7. The minimum absolute atomic E-state index is 0.518. The predicted molar refractivity (Wildman–Crippen MR) is 78.5 cm³/mol. The average molecular weight is 256 g/mol. The Labute approximate surface area is 114 Å². The molecule has 0 atom stereocenters. The van der Waals surface area contributed by atoms with Crippen LogP contribution in [0, 0.1) is 0 Å². The molecule has 3 nitrogen and oxygen atoms in total. The SMILES string of the molecule is Bc1cc(OC)cc(OC)c1OCc1ccccc1. The topological polar surface area (TPSA) is 27.7 Å². The zero-order valence-corrected chi connectivity index (χ0v) is 11.5. The third-order valence-electron chi connectivity index (χ3n) is 2.90. The van der Waals surface area contributed by atoms with Gasteiger partial charge in [-0.2, -0.15) is 0 Å². The minimum Gasteiger partial charge on any atom is -0.497 e. The smallest absolute Gasteiger partial charge is 0.163 e. The van der Waals surface area contributed by atoms with E-state index in [2.05, 4.69) is 0 Å². The van der Waals surface area contributed by atoms with E-state index in [4.69, 9.17) is 14.2 Å². The molecule has 0 saturated heterocycles. The number of ether oxygens (including phenoxy) is 3. The summed E-state index contributed by atoms with van der Waals surface area (Å²) < 4.78 is 16.4. The Morgan fingerprint density at radius 1 is 1.00 bits per heavy atom. The molecule has 4 heteroatoms. The van der Waals surface area contributed by atoms with Gasteiger partial charge in [-0.05, 0) is 17.1 Å². The maximum Gasteiger partial charge on any atom is 0.163 e. The first-order chi connectivity index (χ1) is 9.24. The molecule has 0 aliphatic rings. The lowest BCUT2D eigenvalue weighted by molar-refractivity contribution is 0.285. The van der Waals surface area contributed by atoms with E-state index in [1.165, 1.54) is 0 Å². The first kappa shape index (κ1) is 13.3. The van der Waals surface area contributed by atoms with Crippen molar-refractivity contribution in [1.82, 2.24) is 0 Å². The van der Waals surface area contributed by atoms with Crippen LogP contribution in [0.15, 0.2) is 42.5 Å². The summed E-state index contributed by atoms with van der Waals surface area (Å²) in [6.45, 7) is 0.518. The molecule has 0 unspecified atom stereocenters. The predicted octanol–water partition coefficient (Wildman–Crippen LogP) is 1.54. The van der Waals surface area contributed by atoms with Crippen molar-refractivity contribution in [3.8, 4) is 17.2 Å². The number of methoxy groups -OCH3 is 2. The van der Waals surface area contributed by atoms with Gasteiger partial charge < -0.3 is 14.2 Å². The normalized spacial score (nSPS) is 10.0. The largest absolute Gasteiger partial charge is 0.497 e. The second-order valence-corrected chi connectivity index (χ2v) is 4.25. The first-order valence-corrected chi connectivity index (χ1v) is 6.14. The fraction of sp³-hybridized carbons (Fsp3) is 0.200. The second-order valence-electron chi connectivity index (χ2n) is 4.25. The van der Waals surface area contributed by atoms with Crippen LogP contribution < -0.4 is 19.7 Å². The van der Waals surface area contributed by atoms with Crippen LogP contribution in [0.3, 0.4) is 0 Å². The van der Waals surface area contributed by atoms with E-state index < -0.39 is 0 Å². The molecule has 0 amide bonds.